The van der Waals surface area contributed by atoms with Gasteiger partial charge in [0.2, 0.25) is 0 Å². The molecule has 0 saturated carbocycles. The maximum Gasteiger partial charge on any atom is 0.416 e. The SMILES string of the molecule is O=C(c1cccc(C(F)(F)F)c1)N1CCOC(c2ccco2)C1. The zero-order valence-corrected chi connectivity index (χ0v) is 12.0. The molecule has 0 radical (unpaired) electrons. The van der Waals surface area contributed by atoms with Gasteiger partial charge in [0.25, 0.3) is 5.91 Å². The van der Waals surface area contributed by atoms with Crippen molar-refractivity contribution in [1.82, 2.24) is 4.90 Å². The molecular weight excluding hydrogens is 311 g/mol. The van der Waals surface area contributed by atoms with Crippen molar-refractivity contribution in [2.75, 3.05) is 19.7 Å². The van der Waals surface area contributed by atoms with E-state index < -0.39 is 23.8 Å². The predicted octanol–water partition coefficient (Wildman–Crippen LogP) is 3.51. The molecule has 122 valence electrons. The van der Waals surface area contributed by atoms with E-state index in [-0.39, 0.29) is 12.1 Å². The number of carbonyl (C=O) groups is 1. The second kappa shape index (κ2) is 6.08. The molecule has 23 heavy (non-hydrogen) atoms. The summed E-state index contributed by atoms with van der Waals surface area (Å²) in [6.07, 6.45) is -3.38. The lowest BCUT2D eigenvalue weighted by atomic mass is 10.1. The van der Waals surface area contributed by atoms with Gasteiger partial charge in [0.15, 0.2) is 0 Å². The van der Waals surface area contributed by atoms with Crippen LogP contribution in [0.1, 0.15) is 27.8 Å². The second-order valence-corrected chi connectivity index (χ2v) is 5.20. The van der Waals surface area contributed by atoms with Crippen LogP contribution in [0, 0.1) is 0 Å². The van der Waals surface area contributed by atoms with Gasteiger partial charge in [0.05, 0.1) is 25.0 Å². The molecule has 0 bridgehead atoms. The van der Waals surface area contributed by atoms with Crippen molar-refractivity contribution in [3.63, 3.8) is 0 Å². The number of ether oxygens (including phenoxy) is 1. The van der Waals surface area contributed by atoms with Gasteiger partial charge in [0, 0.05) is 12.1 Å². The van der Waals surface area contributed by atoms with Crippen molar-refractivity contribution in [1.29, 1.82) is 0 Å². The van der Waals surface area contributed by atoms with Crippen molar-refractivity contribution in [3.8, 4) is 0 Å². The first-order valence-electron chi connectivity index (χ1n) is 7.06. The molecule has 1 fully saturated rings. The summed E-state index contributed by atoms with van der Waals surface area (Å²) >= 11 is 0. The molecule has 2 heterocycles. The van der Waals surface area contributed by atoms with E-state index in [0.29, 0.717) is 18.9 Å². The van der Waals surface area contributed by atoms with E-state index in [0.717, 1.165) is 12.1 Å². The van der Waals surface area contributed by atoms with Crippen molar-refractivity contribution in [2.24, 2.45) is 0 Å². The number of hydrogen-bond acceptors (Lipinski definition) is 3. The summed E-state index contributed by atoms with van der Waals surface area (Å²) in [5.41, 5.74) is -0.820. The molecule has 7 heteroatoms. The molecule has 1 aliphatic rings. The highest BCUT2D eigenvalue weighted by atomic mass is 19.4. The number of benzene rings is 1. The standard InChI is InChI=1S/C16H14F3NO3/c17-16(18,19)12-4-1-3-11(9-12)15(21)20-6-8-23-14(10-20)13-5-2-7-22-13/h1-5,7,9,14H,6,8,10H2. The molecule has 1 unspecified atom stereocenters. The van der Waals surface area contributed by atoms with Gasteiger partial charge in [-0.05, 0) is 30.3 Å². The minimum absolute atomic E-state index is 0.0138. The summed E-state index contributed by atoms with van der Waals surface area (Å²) in [5, 5.41) is 0. The molecule has 1 amide bonds. The molecule has 2 aromatic rings. The summed E-state index contributed by atoms with van der Waals surface area (Å²) in [6.45, 7) is 0.866. The summed E-state index contributed by atoms with van der Waals surface area (Å²) in [5.74, 6) is 0.141. The lowest BCUT2D eigenvalue weighted by Gasteiger charge is -2.32. The Labute approximate surface area is 130 Å². The van der Waals surface area contributed by atoms with Crippen molar-refractivity contribution in [3.05, 3.63) is 59.5 Å². The van der Waals surface area contributed by atoms with Crippen LogP contribution >= 0.6 is 0 Å². The van der Waals surface area contributed by atoms with Crippen molar-refractivity contribution >= 4 is 5.91 Å². The van der Waals surface area contributed by atoms with Crippen LogP contribution in [0.2, 0.25) is 0 Å². The van der Waals surface area contributed by atoms with E-state index in [1.54, 1.807) is 12.1 Å². The Hall–Kier alpha value is -2.28. The fourth-order valence-electron chi connectivity index (χ4n) is 2.49. The van der Waals surface area contributed by atoms with E-state index in [1.165, 1.54) is 23.3 Å². The maximum absolute atomic E-state index is 12.8. The van der Waals surface area contributed by atoms with Crippen LogP contribution in [0.4, 0.5) is 13.2 Å². The van der Waals surface area contributed by atoms with Crippen LogP contribution < -0.4 is 0 Å². The monoisotopic (exact) mass is 325 g/mol. The Bertz CT molecular complexity index is 682. The fraction of sp³-hybridized carbons (Fsp3) is 0.312. The first-order chi connectivity index (χ1) is 10.9. The number of furan rings is 1. The number of morpholine rings is 1. The van der Waals surface area contributed by atoms with Gasteiger partial charge in [-0.2, -0.15) is 13.2 Å². The first kappa shape index (κ1) is 15.6. The molecule has 1 atom stereocenters. The molecule has 0 N–H and O–H groups in total. The van der Waals surface area contributed by atoms with Crippen LogP contribution in [0.25, 0.3) is 0 Å². The van der Waals surface area contributed by atoms with Gasteiger partial charge >= 0.3 is 6.18 Å². The summed E-state index contributed by atoms with van der Waals surface area (Å²) in [4.78, 5) is 13.9. The second-order valence-electron chi connectivity index (χ2n) is 5.20. The van der Waals surface area contributed by atoms with Gasteiger partial charge in [-0.3, -0.25) is 4.79 Å². The number of alkyl halides is 3. The Balaban J connectivity index is 1.77. The molecule has 1 saturated heterocycles. The third-order valence-corrected chi connectivity index (χ3v) is 3.65. The first-order valence-corrected chi connectivity index (χ1v) is 7.06. The third-order valence-electron chi connectivity index (χ3n) is 3.65. The number of halogens is 3. The van der Waals surface area contributed by atoms with Crippen molar-refractivity contribution in [2.45, 2.75) is 12.3 Å². The Morgan fingerprint density at radius 2 is 2.04 bits per heavy atom. The maximum atomic E-state index is 12.8. The molecule has 3 rings (SSSR count). The van der Waals surface area contributed by atoms with Crippen LogP contribution in [0.15, 0.2) is 47.1 Å². The Kier molecular flexibility index (Phi) is 4.12. The lowest BCUT2D eigenvalue weighted by Crippen LogP contribution is -2.42. The van der Waals surface area contributed by atoms with Crippen molar-refractivity contribution < 1.29 is 27.1 Å². The van der Waals surface area contributed by atoms with E-state index in [4.69, 9.17) is 9.15 Å². The van der Waals surface area contributed by atoms with E-state index in [9.17, 15) is 18.0 Å². The van der Waals surface area contributed by atoms with Crippen LogP contribution in [-0.2, 0) is 10.9 Å². The number of carbonyl (C=O) groups excluding carboxylic acids is 1. The quantitative estimate of drug-likeness (QED) is 0.848. The molecule has 0 spiro atoms. The van der Waals surface area contributed by atoms with Crippen LogP contribution in [0.3, 0.4) is 0 Å². The smallest absolute Gasteiger partial charge is 0.416 e. The summed E-state index contributed by atoms with van der Waals surface area (Å²) in [7, 11) is 0. The molecule has 4 nitrogen and oxygen atoms in total. The average molecular weight is 325 g/mol. The van der Waals surface area contributed by atoms with Gasteiger partial charge < -0.3 is 14.1 Å². The lowest BCUT2D eigenvalue weighted by molar-refractivity contribution is -0.137. The van der Waals surface area contributed by atoms with Gasteiger partial charge in [0.1, 0.15) is 11.9 Å². The Morgan fingerprint density at radius 3 is 2.74 bits per heavy atom. The molecule has 1 aromatic heterocycles. The number of amides is 1. The highest BCUT2D eigenvalue weighted by Crippen LogP contribution is 2.30. The Morgan fingerprint density at radius 1 is 1.22 bits per heavy atom. The van der Waals surface area contributed by atoms with Gasteiger partial charge in [-0.15, -0.1) is 0 Å². The third kappa shape index (κ3) is 3.39. The predicted molar refractivity (Wildman–Crippen MR) is 74.7 cm³/mol. The zero-order chi connectivity index (χ0) is 16.4. The summed E-state index contributed by atoms with van der Waals surface area (Å²) < 4.78 is 49.1. The van der Waals surface area contributed by atoms with Crippen LogP contribution in [0.5, 0.6) is 0 Å². The normalized spacial score (nSPS) is 18.9. The van der Waals surface area contributed by atoms with E-state index in [2.05, 4.69) is 0 Å². The number of rotatable bonds is 2. The largest absolute Gasteiger partial charge is 0.467 e. The highest BCUT2D eigenvalue weighted by molar-refractivity contribution is 5.94. The molecule has 1 aromatic carbocycles. The zero-order valence-electron chi connectivity index (χ0n) is 12.0. The minimum Gasteiger partial charge on any atom is -0.467 e. The topological polar surface area (TPSA) is 42.7 Å². The molecule has 0 aliphatic carbocycles. The fourth-order valence-corrected chi connectivity index (χ4v) is 2.49. The highest BCUT2D eigenvalue weighted by Gasteiger charge is 2.32. The average Bonchev–Trinajstić information content (AvgIpc) is 3.08. The number of hydrogen-bond donors (Lipinski definition) is 0. The van der Waals surface area contributed by atoms with E-state index in [1.807, 2.05) is 0 Å². The summed E-state index contributed by atoms with van der Waals surface area (Å²) in [6, 6.07) is 7.89. The van der Waals surface area contributed by atoms with Gasteiger partial charge in [-0.1, -0.05) is 6.07 Å². The molecular formula is C16H14F3NO3. The van der Waals surface area contributed by atoms with Gasteiger partial charge in [-0.25, -0.2) is 0 Å². The van der Waals surface area contributed by atoms with Crippen LogP contribution in [-0.4, -0.2) is 30.5 Å². The minimum atomic E-state index is -4.47. The molecule has 1 aliphatic heterocycles. The number of nitrogens with zero attached hydrogens (tertiary/aromatic N) is 1. The van der Waals surface area contributed by atoms with E-state index >= 15 is 0 Å².